The Balaban J connectivity index is 1.77. The second-order valence-corrected chi connectivity index (χ2v) is 9.86. The van der Waals surface area contributed by atoms with Crippen molar-refractivity contribution in [2.75, 3.05) is 12.8 Å². The van der Waals surface area contributed by atoms with Gasteiger partial charge in [0.15, 0.2) is 0 Å². The first-order chi connectivity index (χ1) is 18.2. The summed E-state index contributed by atoms with van der Waals surface area (Å²) in [5.74, 6) is 0.259. The Morgan fingerprint density at radius 2 is 1.92 bits per heavy atom. The molecule has 2 aromatic carbocycles. The summed E-state index contributed by atoms with van der Waals surface area (Å²) in [4.78, 5) is 40.0. The van der Waals surface area contributed by atoms with Crippen molar-refractivity contribution in [3.05, 3.63) is 105 Å². The minimum Gasteiger partial charge on any atom is -0.394 e. The van der Waals surface area contributed by atoms with E-state index in [9.17, 15) is 19.5 Å². The van der Waals surface area contributed by atoms with Gasteiger partial charge < -0.3 is 20.3 Å². The maximum atomic E-state index is 14.0. The minimum absolute atomic E-state index is 0.0823. The Morgan fingerprint density at radius 3 is 2.58 bits per heavy atom. The topological polar surface area (TPSA) is 111 Å². The molecular weight excluding hydrogens is 480 g/mol. The lowest BCUT2D eigenvalue weighted by Crippen LogP contribution is -2.30. The van der Waals surface area contributed by atoms with Crippen molar-refractivity contribution in [1.29, 1.82) is 0 Å². The van der Waals surface area contributed by atoms with E-state index >= 15 is 0 Å². The van der Waals surface area contributed by atoms with Crippen LogP contribution >= 0.6 is 0 Å². The molecule has 38 heavy (non-hydrogen) atoms. The molecular formula is C30H30N4O4. The molecule has 194 valence electrons. The first kappa shape index (κ1) is 25.2. The van der Waals surface area contributed by atoms with Crippen LogP contribution in [0.3, 0.4) is 0 Å². The van der Waals surface area contributed by atoms with Crippen LogP contribution in [0.1, 0.15) is 35.6 Å². The monoisotopic (exact) mass is 510 g/mol. The highest BCUT2D eigenvalue weighted by Crippen LogP contribution is 2.41. The number of aromatic nitrogens is 2. The Hall–Kier alpha value is -4.43. The van der Waals surface area contributed by atoms with Crippen molar-refractivity contribution in [1.82, 2.24) is 14.0 Å². The second-order valence-electron chi connectivity index (χ2n) is 9.86. The van der Waals surface area contributed by atoms with Gasteiger partial charge in [-0.3, -0.25) is 19.0 Å². The van der Waals surface area contributed by atoms with Gasteiger partial charge in [-0.1, -0.05) is 30.8 Å². The molecule has 1 saturated carbocycles. The second kappa shape index (κ2) is 9.79. The van der Waals surface area contributed by atoms with Crippen LogP contribution in [-0.4, -0.2) is 32.1 Å². The number of hydrogen-bond acceptors (Lipinski definition) is 5. The van der Waals surface area contributed by atoms with E-state index < -0.39 is 0 Å². The van der Waals surface area contributed by atoms with E-state index in [1.54, 1.807) is 43.1 Å². The van der Waals surface area contributed by atoms with Crippen molar-refractivity contribution < 1.29 is 9.90 Å². The highest BCUT2D eigenvalue weighted by molar-refractivity contribution is 5.87. The van der Waals surface area contributed by atoms with E-state index in [-0.39, 0.29) is 35.9 Å². The number of nitrogens with zero attached hydrogens (tertiary/aromatic N) is 3. The fourth-order valence-corrected chi connectivity index (χ4v) is 5.02. The maximum Gasteiger partial charge on any atom is 0.273 e. The number of rotatable bonds is 7. The molecule has 0 atom stereocenters. The lowest BCUT2D eigenvalue weighted by Gasteiger charge is -2.23. The van der Waals surface area contributed by atoms with Crippen LogP contribution in [0.15, 0.2) is 77.0 Å². The Morgan fingerprint density at radius 1 is 1.16 bits per heavy atom. The van der Waals surface area contributed by atoms with Crippen LogP contribution in [0.4, 0.5) is 5.69 Å². The molecule has 1 fully saturated rings. The molecule has 0 radical (unpaired) electrons. The van der Waals surface area contributed by atoms with Crippen LogP contribution in [0.25, 0.3) is 27.6 Å². The Labute approximate surface area is 219 Å². The van der Waals surface area contributed by atoms with Gasteiger partial charge in [-0.15, -0.1) is 0 Å². The number of aliphatic hydroxyl groups excluding tert-OH is 1. The molecule has 3 N–H and O–H groups in total. The van der Waals surface area contributed by atoms with Crippen LogP contribution < -0.4 is 16.9 Å². The van der Waals surface area contributed by atoms with Crippen molar-refractivity contribution >= 4 is 22.4 Å². The van der Waals surface area contributed by atoms with E-state index in [1.807, 2.05) is 24.3 Å². The van der Waals surface area contributed by atoms with Gasteiger partial charge in [-0.2, -0.15) is 0 Å². The average molecular weight is 511 g/mol. The predicted octanol–water partition coefficient (Wildman–Crippen LogP) is 3.45. The lowest BCUT2D eigenvalue weighted by atomic mass is 9.98. The highest BCUT2D eigenvalue weighted by Gasteiger charge is 2.25. The molecule has 0 bridgehead atoms. The molecule has 2 heterocycles. The third-order valence-corrected chi connectivity index (χ3v) is 7.19. The summed E-state index contributed by atoms with van der Waals surface area (Å²) >= 11 is 0. The smallest absolute Gasteiger partial charge is 0.273 e. The number of aliphatic hydroxyl groups is 1. The summed E-state index contributed by atoms with van der Waals surface area (Å²) in [5.41, 5.74) is 9.55. The largest absolute Gasteiger partial charge is 0.394 e. The van der Waals surface area contributed by atoms with Gasteiger partial charge in [0.25, 0.3) is 11.1 Å². The zero-order valence-corrected chi connectivity index (χ0v) is 21.5. The van der Waals surface area contributed by atoms with Crippen molar-refractivity contribution in [2.24, 2.45) is 7.05 Å². The Bertz CT molecular complexity index is 1690. The quantitative estimate of drug-likeness (QED) is 0.370. The number of carbonyl (C=O) groups excluding carboxylic acids is 1. The molecule has 2 aromatic heterocycles. The van der Waals surface area contributed by atoms with Crippen molar-refractivity contribution in [3.63, 3.8) is 0 Å². The third kappa shape index (κ3) is 4.43. The molecule has 1 aliphatic rings. The zero-order chi connectivity index (χ0) is 27.1. The first-order valence-electron chi connectivity index (χ1n) is 12.5. The number of amides is 1. The van der Waals surface area contributed by atoms with Crippen molar-refractivity contribution in [3.8, 4) is 16.8 Å². The van der Waals surface area contributed by atoms with Gasteiger partial charge in [-0.25, -0.2) is 0 Å². The van der Waals surface area contributed by atoms with Crippen LogP contribution in [-0.2, 0) is 25.0 Å². The van der Waals surface area contributed by atoms with E-state index in [1.165, 1.54) is 21.1 Å². The molecule has 0 spiro atoms. The number of carbonyl (C=O) groups is 1. The number of nitrogen functional groups attached to an aromatic ring is 1. The summed E-state index contributed by atoms with van der Waals surface area (Å²) in [6.07, 6.45) is 5.18. The molecule has 0 aliphatic heterocycles. The third-order valence-electron chi connectivity index (χ3n) is 7.19. The van der Waals surface area contributed by atoms with Gasteiger partial charge in [0.2, 0.25) is 5.91 Å². The van der Waals surface area contributed by atoms with Crippen LogP contribution in [0, 0.1) is 0 Å². The average Bonchev–Trinajstić information content (AvgIpc) is 3.76. The number of pyridine rings is 2. The standard InChI is InChI=1S/C30H30N4O4/c1-4-28(36)32(2)16-22-13-20-12-19(18-8-9-18)10-11-24(20)29(37)34(22)27-7-5-6-23(25(27)17-35)21-14-26(31)30(38)33(3)15-21/h4-7,10-15,18,35H,1,8-9,16-17,31H2,2-3H3. The molecule has 4 aromatic rings. The molecule has 0 saturated heterocycles. The maximum absolute atomic E-state index is 14.0. The zero-order valence-electron chi connectivity index (χ0n) is 21.5. The summed E-state index contributed by atoms with van der Waals surface area (Å²) < 4.78 is 2.95. The number of hydrogen-bond donors (Lipinski definition) is 2. The normalized spacial score (nSPS) is 13.0. The van der Waals surface area contributed by atoms with Gasteiger partial charge in [0.1, 0.15) is 0 Å². The number of benzene rings is 2. The number of nitrogens with two attached hydrogens (primary N) is 1. The van der Waals surface area contributed by atoms with Gasteiger partial charge in [0.05, 0.1) is 24.5 Å². The lowest BCUT2D eigenvalue weighted by molar-refractivity contribution is -0.125. The first-order valence-corrected chi connectivity index (χ1v) is 12.5. The molecule has 1 amide bonds. The molecule has 8 heteroatoms. The van der Waals surface area contributed by atoms with E-state index in [2.05, 4.69) is 12.6 Å². The Kier molecular flexibility index (Phi) is 6.50. The van der Waals surface area contributed by atoms with Gasteiger partial charge >= 0.3 is 0 Å². The molecule has 5 rings (SSSR count). The predicted molar refractivity (Wildman–Crippen MR) is 149 cm³/mol. The highest BCUT2D eigenvalue weighted by atomic mass is 16.3. The van der Waals surface area contributed by atoms with Crippen LogP contribution in [0.5, 0.6) is 0 Å². The minimum atomic E-state index is -0.361. The molecule has 8 nitrogen and oxygen atoms in total. The fourth-order valence-electron chi connectivity index (χ4n) is 5.02. The SMILES string of the molecule is C=CC(=O)N(C)Cc1cc2cc(C3CC3)ccc2c(=O)n1-c1cccc(-c2cc(N)c(=O)n(C)c2)c1CO. The van der Waals surface area contributed by atoms with E-state index in [0.717, 1.165) is 18.2 Å². The summed E-state index contributed by atoms with van der Waals surface area (Å²) in [6, 6.07) is 14.8. The molecule has 1 aliphatic carbocycles. The summed E-state index contributed by atoms with van der Waals surface area (Å²) in [7, 11) is 3.26. The van der Waals surface area contributed by atoms with Gasteiger partial charge in [-0.05, 0) is 65.6 Å². The summed E-state index contributed by atoms with van der Waals surface area (Å²) in [6.45, 7) is 3.37. The number of anilines is 1. The van der Waals surface area contributed by atoms with E-state index in [4.69, 9.17) is 5.73 Å². The number of aryl methyl sites for hydroxylation is 1. The van der Waals surface area contributed by atoms with Gasteiger partial charge in [0, 0.05) is 42.5 Å². The van der Waals surface area contributed by atoms with Crippen LogP contribution in [0.2, 0.25) is 0 Å². The van der Waals surface area contributed by atoms with E-state index in [0.29, 0.717) is 39.4 Å². The molecule has 0 unspecified atom stereocenters. The summed E-state index contributed by atoms with van der Waals surface area (Å²) in [5, 5.41) is 11.9. The number of likely N-dealkylation sites (N-methyl/N-ethyl adjacent to an activating group) is 1. The fraction of sp³-hybridized carbons (Fsp3) is 0.233. The van der Waals surface area contributed by atoms with Crippen molar-refractivity contribution in [2.45, 2.75) is 31.9 Å². The number of fused-ring (bicyclic) bond motifs is 1.